The van der Waals surface area contributed by atoms with Gasteiger partial charge >= 0.3 is 5.97 Å². The summed E-state index contributed by atoms with van der Waals surface area (Å²) in [6.07, 6.45) is 0.981. The molecule has 1 heterocycles. The van der Waals surface area contributed by atoms with Crippen LogP contribution in [0.2, 0.25) is 0 Å². The maximum absolute atomic E-state index is 11.5. The van der Waals surface area contributed by atoms with E-state index < -0.39 is 22.0 Å². The van der Waals surface area contributed by atoms with Crippen LogP contribution in [0, 0.1) is 5.92 Å². The van der Waals surface area contributed by atoms with Crippen LogP contribution in [-0.4, -0.2) is 51.9 Å². The molecule has 0 amide bonds. The number of hydrogen-bond acceptors (Lipinski definition) is 7. The van der Waals surface area contributed by atoms with Crippen molar-refractivity contribution < 1.29 is 31.6 Å². The second-order valence-corrected chi connectivity index (χ2v) is 7.67. The molecule has 1 aliphatic carbocycles. The van der Waals surface area contributed by atoms with Gasteiger partial charge in [-0.2, -0.15) is 8.42 Å². The standard InChI is InChI=1S/C13H22O7S/c1-13(2)18-10-7-9(20-21(4,15)16)5-8(12(10)19-13)6-11(14)17-3/h8-10,12H,5-7H2,1-4H3/t8-,9-,10+,12+/m1/s1. The van der Waals surface area contributed by atoms with E-state index in [0.717, 1.165) is 6.26 Å². The largest absolute Gasteiger partial charge is 0.469 e. The van der Waals surface area contributed by atoms with E-state index in [1.165, 1.54) is 7.11 Å². The van der Waals surface area contributed by atoms with E-state index in [4.69, 9.17) is 18.4 Å². The Bertz CT molecular complexity index is 499. The molecule has 1 saturated heterocycles. The average Bonchev–Trinajstić information content (AvgIpc) is 2.61. The zero-order valence-electron chi connectivity index (χ0n) is 12.7. The van der Waals surface area contributed by atoms with Crippen molar-refractivity contribution in [1.29, 1.82) is 0 Å². The first-order valence-electron chi connectivity index (χ1n) is 6.90. The maximum Gasteiger partial charge on any atom is 0.305 e. The topological polar surface area (TPSA) is 88.1 Å². The first kappa shape index (κ1) is 16.7. The van der Waals surface area contributed by atoms with Crippen LogP contribution in [0.5, 0.6) is 0 Å². The number of esters is 1. The molecule has 0 unspecified atom stereocenters. The van der Waals surface area contributed by atoms with Crippen LogP contribution in [0.15, 0.2) is 0 Å². The number of carbonyl (C=O) groups excluding carboxylic acids is 1. The number of rotatable bonds is 4. The molecular weight excluding hydrogens is 300 g/mol. The van der Waals surface area contributed by atoms with E-state index in [1.54, 1.807) is 13.8 Å². The number of carbonyl (C=O) groups is 1. The van der Waals surface area contributed by atoms with Crippen LogP contribution >= 0.6 is 0 Å². The maximum atomic E-state index is 11.5. The lowest BCUT2D eigenvalue weighted by molar-refractivity contribution is -0.153. The van der Waals surface area contributed by atoms with Crippen molar-refractivity contribution in [1.82, 2.24) is 0 Å². The number of ether oxygens (including phenoxy) is 3. The van der Waals surface area contributed by atoms with Crippen molar-refractivity contribution in [3.8, 4) is 0 Å². The fraction of sp³-hybridized carbons (Fsp3) is 0.923. The first-order chi connectivity index (χ1) is 9.59. The SMILES string of the molecule is COC(=O)C[C@H]1C[C@@H](OS(C)(=O)=O)C[C@@H]2OC(C)(C)O[C@@H]12. The highest BCUT2D eigenvalue weighted by atomic mass is 32.2. The van der Waals surface area contributed by atoms with Gasteiger partial charge in [-0.15, -0.1) is 0 Å². The van der Waals surface area contributed by atoms with Crippen molar-refractivity contribution in [2.24, 2.45) is 5.92 Å². The average molecular weight is 322 g/mol. The van der Waals surface area contributed by atoms with Gasteiger partial charge in [0.2, 0.25) is 0 Å². The Balaban J connectivity index is 2.13. The summed E-state index contributed by atoms with van der Waals surface area (Å²) in [5.41, 5.74) is 0. The summed E-state index contributed by atoms with van der Waals surface area (Å²) < 4.78 is 44.1. The molecule has 1 saturated carbocycles. The Morgan fingerprint density at radius 3 is 2.52 bits per heavy atom. The van der Waals surface area contributed by atoms with Gasteiger partial charge in [-0.3, -0.25) is 8.98 Å². The summed E-state index contributed by atoms with van der Waals surface area (Å²) in [5.74, 6) is -1.29. The van der Waals surface area contributed by atoms with Gasteiger partial charge in [-0.25, -0.2) is 0 Å². The first-order valence-corrected chi connectivity index (χ1v) is 8.72. The van der Waals surface area contributed by atoms with Crippen LogP contribution in [0.3, 0.4) is 0 Å². The Morgan fingerprint density at radius 2 is 1.95 bits per heavy atom. The molecule has 0 spiro atoms. The minimum absolute atomic E-state index is 0.154. The van der Waals surface area contributed by atoms with Gasteiger partial charge in [0.1, 0.15) is 0 Å². The summed E-state index contributed by atoms with van der Waals surface area (Å²) >= 11 is 0. The number of methoxy groups -OCH3 is 1. The lowest BCUT2D eigenvalue weighted by Crippen LogP contribution is -2.43. The monoisotopic (exact) mass is 322 g/mol. The van der Waals surface area contributed by atoms with E-state index in [0.29, 0.717) is 12.8 Å². The molecule has 122 valence electrons. The van der Waals surface area contributed by atoms with Crippen molar-refractivity contribution in [3.05, 3.63) is 0 Å². The highest BCUT2D eigenvalue weighted by Crippen LogP contribution is 2.42. The van der Waals surface area contributed by atoms with Crippen molar-refractivity contribution in [2.45, 2.75) is 57.2 Å². The van der Waals surface area contributed by atoms with Gasteiger partial charge in [0.05, 0.1) is 38.1 Å². The lowest BCUT2D eigenvalue weighted by Gasteiger charge is -2.35. The third kappa shape index (κ3) is 4.38. The zero-order valence-corrected chi connectivity index (χ0v) is 13.5. The summed E-state index contributed by atoms with van der Waals surface area (Å²) in [5, 5.41) is 0. The molecule has 2 rings (SSSR count). The Hall–Kier alpha value is -0.700. The zero-order chi connectivity index (χ0) is 15.8. The van der Waals surface area contributed by atoms with E-state index >= 15 is 0 Å². The molecule has 21 heavy (non-hydrogen) atoms. The van der Waals surface area contributed by atoms with Gasteiger partial charge in [0.15, 0.2) is 5.79 Å². The lowest BCUT2D eigenvalue weighted by atomic mass is 9.81. The molecule has 2 aliphatic rings. The fourth-order valence-electron chi connectivity index (χ4n) is 3.09. The van der Waals surface area contributed by atoms with E-state index in [9.17, 15) is 13.2 Å². The van der Waals surface area contributed by atoms with Crippen LogP contribution in [-0.2, 0) is 33.3 Å². The molecule has 0 bridgehead atoms. The molecule has 7 nitrogen and oxygen atoms in total. The van der Waals surface area contributed by atoms with E-state index in [1.807, 2.05) is 0 Å². The van der Waals surface area contributed by atoms with Crippen LogP contribution < -0.4 is 0 Å². The minimum Gasteiger partial charge on any atom is -0.469 e. The number of hydrogen-bond donors (Lipinski definition) is 0. The van der Waals surface area contributed by atoms with Crippen LogP contribution in [0.4, 0.5) is 0 Å². The van der Waals surface area contributed by atoms with Crippen molar-refractivity contribution in [2.75, 3.05) is 13.4 Å². The number of fused-ring (bicyclic) bond motifs is 1. The van der Waals surface area contributed by atoms with Crippen molar-refractivity contribution >= 4 is 16.1 Å². The van der Waals surface area contributed by atoms with E-state index in [2.05, 4.69) is 0 Å². The molecule has 1 aliphatic heterocycles. The molecule has 0 aromatic rings. The molecule has 8 heteroatoms. The van der Waals surface area contributed by atoms with Gasteiger partial charge in [0, 0.05) is 12.3 Å². The smallest absolute Gasteiger partial charge is 0.305 e. The minimum atomic E-state index is -3.55. The van der Waals surface area contributed by atoms with E-state index in [-0.39, 0.29) is 30.5 Å². The second kappa shape index (κ2) is 5.83. The predicted octanol–water partition coefficient (Wildman–Crippen LogP) is 0.824. The summed E-state index contributed by atoms with van der Waals surface area (Å²) in [6.45, 7) is 3.60. The van der Waals surface area contributed by atoms with Gasteiger partial charge in [0.25, 0.3) is 10.1 Å². The van der Waals surface area contributed by atoms with Gasteiger partial charge in [-0.1, -0.05) is 0 Å². The normalized spacial score (nSPS) is 35.2. The predicted molar refractivity (Wildman–Crippen MR) is 72.9 cm³/mol. The van der Waals surface area contributed by atoms with Crippen LogP contribution in [0.25, 0.3) is 0 Å². The summed E-state index contributed by atoms with van der Waals surface area (Å²) in [6, 6.07) is 0. The molecular formula is C13H22O7S. The molecule has 2 fully saturated rings. The summed E-state index contributed by atoms with van der Waals surface area (Å²) in [4.78, 5) is 11.5. The third-order valence-electron chi connectivity index (χ3n) is 3.71. The Morgan fingerprint density at radius 1 is 1.29 bits per heavy atom. The molecule has 0 aromatic heterocycles. The Labute approximate surface area is 125 Å². The van der Waals surface area contributed by atoms with Gasteiger partial charge in [-0.05, 0) is 20.3 Å². The molecule has 0 radical (unpaired) electrons. The van der Waals surface area contributed by atoms with Crippen LogP contribution in [0.1, 0.15) is 33.1 Å². The van der Waals surface area contributed by atoms with Gasteiger partial charge < -0.3 is 14.2 Å². The molecule has 0 aromatic carbocycles. The quantitative estimate of drug-likeness (QED) is 0.559. The second-order valence-electron chi connectivity index (χ2n) is 6.07. The Kier molecular flexibility index (Phi) is 4.63. The highest BCUT2D eigenvalue weighted by Gasteiger charge is 2.50. The third-order valence-corrected chi connectivity index (χ3v) is 4.34. The summed E-state index contributed by atoms with van der Waals surface area (Å²) in [7, 11) is -2.23. The highest BCUT2D eigenvalue weighted by molar-refractivity contribution is 7.86. The molecule has 0 N–H and O–H groups in total. The van der Waals surface area contributed by atoms with Crippen molar-refractivity contribution in [3.63, 3.8) is 0 Å². The molecule has 4 atom stereocenters. The fourth-order valence-corrected chi connectivity index (χ4v) is 3.75.